The van der Waals surface area contributed by atoms with Crippen molar-refractivity contribution in [2.45, 2.75) is 6.04 Å². The SMILES string of the molecule is C=CC(=O)N1CCN2C(=O)c3c(N4CCOCC4)nc(-c4c(O)cccc4F)c(Cl)c3OC[C@H]2C1. The van der Waals surface area contributed by atoms with Crippen LogP contribution < -0.4 is 9.64 Å². The molecule has 3 aliphatic heterocycles. The van der Waals surface area contributed by atoms with Crippen molar-refractivity contribution in [3.05, 3.63) is 47.3 Å². The summed E-state index contributed by atoms with van der Waals surface area (Å²) in [7, 11) is 0. The number of phenolic OH excluding ortho intramolecular Hbond substituents is 1. The van der Waals surface area contributed by atoms with Crippen LogP contribution in [0.25, 0.3) is 11.3 Å². The molecule has 1 aromatic heterocycles. The van der Waals surface area contributed by atoms with Gasteiger partial charge in [-0.2, -0.15) is 0 Å². The minimum Gasteiger partial charge on any atom is -0.507 e. The number of aromatic hydroxyl groups is 1. The van der Waals surface area contributed by atoms with Gasteiger partial charge in [0, 0.05) is 32.7 Å². The summed E-state index contributed by atoms with van der Waals surface area (Å²) >= 11 is 6.70. The number of phenols is 1. The van der Waals surface area contributed by atoms with Gasteiger partial charge in [0.2, 0.25) is 5.91 Å². The van der Waals surface area contributed by atoms with E-state index in [1.54, 1.807) is 9.80 Å². The van der Waals surface area contributed by atoms with Crippen LogP contribution in [-0.4, -0.2) is 90.3 Å². The average Bonchev–Trinajstić information content (AvgIpc) is 3.02. The Balaban J connectivity index is 1.65. The molecule has 0 radical (unpaired) electrons. The van der Waals surface area contributed by atoms with Gasteiger partial charge < -0.3 is 29.3 Å². The Labute approximate surface area is 206 Å². The zero-order valence-corrected chi connectivity index (χ0v) is 19.6. The number of carbonyl (C=O) groups is 2. The van der Waals surface area contributed by atoms with Crippen LogP contribution in [0.5, 0.6) is 11.5 Å². The summed E-state index contributed by atoms with van der Waals surface area (Å²) < 4.78 is 26.4. The lowest BCUT2D eigenvalue weighted by Gasteiger charge is -2.39. The van der Waals surface area contributed by atoms with E-state index in [1.165, 1.54) is 24.3 Å². The summed E-state index contributed by atoms with van der Waals surface area (Å²) in [6.45, 7) is 6.34. The summed E-state index contributed by atoms with van der Waals surface area (Å²) in [6.07, 6.45) is 1.24. The van der Waals surface area contributed by atoms with Gasteiger partial charge in [0.25, 0.3) is 5.91 Å². The number of rotatable bonds is 3. The first-order chi connectivity index (χ1) is 16.9. The van der Waals surface area contributed by atoms with E-state index in [0.29, 0.717) is 45.2 Å². The highest BCUT2D eigenvalue weighted by Gasteiger charge is 2.41. The number of aromatic nitrogens is 1. The van der Waals surface area contributed by atoms with Gasteiger partial charge in [-0.1, -0.05) is 24.2 Å². The van der Waals surface area contributed by atoms with Crippen LogP contribution in [0.3, 0.4) is 0 Å². The highest BCUT2D eigenvalue weighted by atomic mass is 35.5. The second-order valence-electron chi connectivity index (χ2n) is 8.49. The summed E-state index contributed by atoms with van der Waals surface area (Å²) in [5.74, 6) is -1.20. The number of halogens is 2. The van der Waals surface area contributed by atoms with Crippen molar-refractivity contribution in [2.24, 2.45) is 0 Å². The van der Waals surface area contributed by atoms with Gasteiger partial charge in [-0.25, -0.2) is 9.37 Å². The molecule has 1 aromatic carbocycles. The second-order valence-corrected chi connectivity index (χ2v) is 8.87. The minimum absolute atomic E-state index is 0.0151. The lowest BCUT2D eigenvalue weighted by atomic mass is 10.0. The van der Waals surface area contributed by atoms with Crippen LogP contribution in [0.4, 0.5) is 10.2 Å². The number of morpholine rings is 1. The third kappa shape index (κ3) is 4.06. The van der Waals surface area contributed by atoms with E-state index in [9.17, 15) is 19.1 Å². The van der Waals surface area contributed by atoms with Gasteiger partial charge in [0.15, 0.2) is 5.75 Å². The maximum absolute atomic E-state index is 14.8. The Hall–Kier alpha value is -3.37. The van der Waals surface area contributed by atoms with E-state index >= 15 is 0 Å². The van der Waals surface area contributed by atoms with Crippen LogP contribution >= 0.6 is 11.6 Å². The largest absolute Gasteiger partial charge is 0.507 e. The smallest absolute Gasteiger partial charge is 0.261 e. The number of amides is 2. The highest BCUT2D eigenvalue weighted by molar-refractivity contribution is 6.35. The molecule has 1 atom stereocenters. The van der Waals surface area contributed by atoms with Crippen molar-refractivity contribution < 1.29 is 28.6 Å². The van der Waals surface area contributed by atoms with E-state index in [0.717, 1.165) is 0 Å². The van der Waals surface area contributed by atoms with Crippen LogP contribution in [0.2, 0.25) is 5.02 Å². The molecule has 35 heavy (non-hydrogen) atoms. The number of nitrogens with zero attached hydrogens (tertiary/aromatic N) is 4. The van der Waals surface area contributed by atoms with Crippen LogP contribution in [0.1, 0.15) is 10.4 Å². The summed E-state index contributed by atoms with van der Waals surface area (Å²) in [4.78, 5) is 35.8. The van der Waals surface area contributed by atoms with E-state index in [1.807, 2.05) is 4.90 Å². The standard InChI is InChI=1S/C24H24ClFN4O5/c1-2-17(32)29-6-7-30-14(12-29)13-35-22-19(24(30)33)23(28-8-10-34-11-9-28)27-21(20(22)25)18-15(26)4-3-5-16(18)31/h2-5,14,31H,1,6-13H2/t14-/m1/s1. The molecule has 2 aromatic rings. The number of carbonyl (C=O) groups excluding carboxylic acids is 2. The van der Waals surface area contributed by atoms with E-state index < -0.39 is 11.9 Å². The molecule has 184 valence electrons. The fraction of sp³-hybridized carbons (Fsp3) is 0.375. The summed E-state index contributed by atoms with van der Waals surface area (Å²) in [5.41, 5.74) is -0.00305. The molecule has 2 saturated heterocycles. The lowest BCUT2D eigenvalue weighted by Crippen LogP contribution is -2.57. The number of anilines is 1. The van der Waals surface area contributed by atoms with E-state index in [2.05, 4.69) is 11.6 Å². The number of ether oxygens (including phenoxy) is 2. The van der Waals surface area contributed by atoms with Crippen molar-refractivity contribution in [3.63, 3.8) is 0 Å². The Morgan fingerprint density at radius 2 is 2.00 bits per heavy atom. The zero-order chi connectivity index (χ0) is 24.7. The lowest BCUT2D eigenvalue weighted by molar-refractivity contribution is -0.128. The molecule has 0 aliphatic carbocycles. The van der Waals surface area contributed by atoms with Gasteiger partial charge in [0.05, 0.1) is 24.8 Å². The van der Waals surface area contributed by atoms with E-state index in [-0.39, 0.29) is 58.3 Å². The number of fused-ring (bicyclic) bond motifs is 2. The third-order valence-electron chi connectivity index (χ3n) is 6.48. The Morgan fingerprint density at radius 3 is 2.71 bits per heavy atom. The topological polar surface area (TPSA) is 95.4 Å². The normalized spacial score (nSPS) is 20.0. The van der Waals surface area contributed by atoms with Crippen molar-refractivity contribution >= 4 is 29.2 Å². The van der Waals surface area contributed by atoms with E-state index in [4.69, 9.17) is 21.1 Å². The molecule has 2 fully saturated rings. The molecular formula is C24H24ClFN4O5. The predicted octanol–water partition coefficient (Wildman–Crippen LogP) is 2.31. The molecule has 1 N–H and O–H groups in total. The highest BCUT2D eigenvalue weighted by Crippen LogP contribution is 2.46. The molecule has 3 aliphatic rings. The Morgan fingerprint density at radius 1 is 1.23 bits per heavy atom. The minimum atomic E-state index is -0.705. The molecule has 9 nitrogen and oxygen atoms in total. The number of hydrogen-bond acceptors (Lipinski definition) is 7. The fourth-order valence-corrected chi connectivity index (χ4v) is 4.98. The third-order valence-corrected chi connectivity index (χ3v) is 6.83. The first-order valence-corrected chi connectivity index (χ1v) is 11.7. The maximum atomic E-state index is 14.8. The molecule has 4 heterocycles. The molecule has 2 amide bonds. The Kier molecular flexibility index (Phi) is 6.24. The van der Waals surface area contributed by atoms with Crippen molar-refractivity contribution in [1.29, 1.82) is 0 Å². The molecule has 0 unspecified atom stereocenters. The maximum Gasteiger partial charge on any atom is 0.261 e. The van der Waals surface area contributed by atoms with Crippen LogP contribution in [0.15, 0.2) is 30.9 Å². The van der Waals surface area contributed by atoms with Crippen molar-refractivity contribution in [1.82, 2.24) is 14.8 Å². The summed E-state index contributed by atoms with van der Waals surface area (Å²) in [5, 5.41) is 10.4. The van der Waals surface area contributed by atoms with Crippen molar-refractivity contribution in [3.8, 4) is 22.8 Å². The number of hydrogen-bond donors (Lipinski definition) is 1. The predicted molar refractivity (Wildman–Crippen MR) is 126 cm³/mol. The fourth-order valence-electron chi connectivity index (χ4n) is 4.69. The Bertz CT molecular complexity index is 1180. The number of piperazine rings is 1. The van der Waals surface area contributed by atoms with Crippen LogP contribution in [0, 0.1) is 5.82 Å². The van der Waals surface area contributed by atoms with Gasteiger partial charge in [-0.3, -0.25) is 9.59 Å². The summed E-state index contributed by atoms with van der Waals surface area (Å²) in [6, 6.07) is 3.51. The molecule has 0 saturated carbocycles. The molecule has 0 spiro atoms. The molecule has 11 heteroatoms. The number of benzene rings is 1. The second kappa shape index (κ2) is 9.35. The molecule has 0 bridgehead atoms. The quantitative estimate of drug-likeness (QED) is 0.643. The zero-order valence-electron chi connectivity index (χ0n) is 18.9. The van der Waals surface area contributed by atoms with Gasteiger partial charge in [-0.05, 0) is 18.2 Å². The van der Waals surface area contributed by atoms with Gasteiger partial charge in [-0.15, -0.1) is 0 Å². The monoisotopic (exact) mass is 502 g/mol. The molecule has 5 rings (SSSR count). The first-order valence-electron chi connectivity index (χ1n) is 11.3. The van der Waals surface area contributed by atoms with Gasteiger partial charge in [0.1, 0.15) is 40.3 Å². The van der Waals surface area contributed by atoms with Crippen LogP contribution in [-0.2, 0) is 9.53 Å². The number of pyridine rings is 1. The van der Waals surface area contributed by atoms with Gasteiger partial charge >= 0.3 is 0 Å². The first kappa shape index (κ1) is 23.4. The average molecular weight is 503 g/mol. The molecular weight excluding hydrogens is 479 g/mol. The van der Waals surface area contributed by atoms with Crippen molar-refractivity contribution in [2.75, 3.05) is 57.4 Å².